The minimum atomic E-state index is -3.60. The zero-order valence-electron chi connectivity index (χ0n) is 14.5. The number of rotatable bonds is 6. The van der Waals surface area contributed by atoms with Gasteiger partial charge in [-0.05, 0) is 55.5 Å². The fourth-order valence-corrected chi connectivity index (χ4v) is 4.67. The lowest BCUT2D eigenvalue weighted by atomic mass is 10.1. The van der Waals surface area contributed by atoms with Gasteiger partial charge in [0.05, 0.1) is 10.5 Å². The first-order chi connectivity index (χ1) is 12.3. The lowest BCUT2D eigenvalue weighted by Gasteiger charge is -2.19. The average Bonchev–Trinajstić information content (AvgIpc) is 3.23. The molecule has 1 aromatic carbocycles. The molecule has 2 N–H and O–H groups in total. The number of nitrogens with one attached hydrogen (secondary N) is 1. The van der Waals surface area contributed by atoms with E-state index in [-0.39, 0.29) is 17.3 Å². The van der Waals surface area contributed by atoms with Crippen LogP contribution in [0.1, 0.15) is 28.6 Å². The van der Waals surface area contributed by atoms with Crippen molar-refractivity contribution in [3.63, 3.8) is 0 Å². The molecule has 1 aromatic heterocycles. The molecule has 0 radical (unpaired) electrons. The molecule has 1 aliphatic rings. The average molecular weight is 395 g/mol. The normalized spacial score (nSPS) is 20.5. The van der Waals surface area contributed by atoms with Crippen LogP contribution in [-0.2, 0) is 16.4 Å². The number of carbonyl (C=O) groups excluding carboxylic acids is 1. The highest BCUT2D eigenvalue weighted by Gasteiger charge is 2.34. The van der Waals surface area contributed by atoms with Crippen molar-refractivity contribution in [1.29, 1.82) is 0 Å². The van der Waals surface area contributed by atoms with E-state index in [1.807, 2.05) is 17.5 Å². The standard InChI is InChI=1S/C18H22N2O4S2/c1-18(22)9-11-20(13-18)17(21)14-4-6-16(7-5-14)26(23,24)19-10-8-15-3-2-12-25-15/h2-7,12,19,22H,8-11,13H2,1H3/t18-/m0/s1. The third kappa shape index (κ3) is 4.50. The molecule has 1 saturated heterocycles. The van der Waals surface area contributed by atoms with Crippen LogP contribution >= 0.6 is 11.3 Å². The highest BCUT2D eigenvalue weighted by Crippen LogP contribution is 2.22. The Morgan fingerprint density at radius 1 is 1.31 bits per heavy atom. The summed E-state index contributed by atoms with van der Waals surface area (Å²) in [6.07, 6.45) is 1.18. The summed E-state index contributed by atoms with van der Waals surface area (Å²) in [5, 5.41) is 11.9. The molecular weight excluding hydrogens is 372 g/mol. The van der Waals surface area contributed by atoms with E-state index in [1.54, 1.807) is 23.2 Å². The van der Waals surface area contributed by atoms with Crippen molar-refractivity contribution < 1.29 is 18.3 Å². The van der Waals surface area contributed by atoms with Gasteiger partial charge in [0.1, 0.15) is 0 Å². The Hall–Kier alpha value is -1.74. The van der Waals surface area contributed by atoms with E-state index in [1.165, 1.54) is 24.3 Å². The molecule has 3 rings (SSSR count). The lowest BCUT2D eigenvalue weighted by Crippen LogP contribution is -2.33. The van der Waals surface area contributed by atoms with Gasteiger partial charge in [0.2, 0.25) is 10.0 Å². The van der Waals surface area contributed by atoms with Crippen LogP contribution in [0.25, 0.3) is 0 Å². The zero-order valence-corrected chi connectivity index (χ0v) is 16.1. The SMILES string of the molecule is C[C@]1(O)CCN(C(=O)c2ccc(S(=O)(=O)NCCc3cccs3)cc2)C1. The smallest absolute Gasteiger partial charge is 0.253 e. The molecule has 8 heteroatoms. The van der Waals surface area contributed by atoms with E-state index in [2.05, 4.69) is 4.72 Å². The minimum Gasteiger partial charge on any atom is -0.388 e. The first kappa shape index (κ1) is 19.0. The Kier molecular flexibility index (Phi) is 5.47. The van der Waals surface area contributed by atoms with Gasteiger partial charge in [-0.3, -0.25) is 4.79 Å². The third-order valence-corrected chi connectivity index (χ3v) is 6.81. The minimum absolute atomic E-state index is 0.133. The molecule has 0 bridgehead atoms. The van der Waals surface area contributed by atoms with Crippen LogP contribution in [-0.4, -0.2) is 49.6 Å². The number of sulfonamides is 1. The summed E-state index contributed by atoms with van der Waals surface area (Å²) < 4.78 is 27.3. The largest absolute Gasteiger partial charge is 0.388 e. The Bertz CT molecular complexity index is 859. The van der Waals surface area contributed by atoms with Crippen LogP contribution in [0.3, 0.4) is 0 Å². The molecule has 0 spiro atoms. The van der Waals surface area contributed by atoms with Crippen molar-refractivity contribution in [1.82, 2.24) is 9.62 Å². The maximum absolute atomic E-state index is 12.5. The molecule has 140 valence electrons. The number of carbonyl (C=O) groups is 1. The number of likely N-dealkylation sites (tertiary alicyclic amines) is 1. The fraction of sp³-hybridized carbons (Fsp3) is 0.389. The summed E-state index contributed by atoms with van der Waals surface area (Å²) in [5.74, 6) is -0.197. The van der Waals surface area contributed by atoms with E-state index in [4.69, 9.17) is 0 Å². The molecule has 0 saturated carbocycles. The van der Waals surface area contributed by atoms with E-state index >= 15 is 0 Å². The summed E-state index contributed by atoms with van der Waals surface area (Å²) in [4.78, 5) is 15.3. The number of hydrogen-bond acceptors (Lipinski definition) is 5. The molecule has 1 fully saturated rings. The predicted octanol–water partition coefficient (Wildman–Crippen LogP) is 1.87. The zero-order chi connectivity index (χ0) is 18.8. The highest BCUT2D eigenvalue weighted by molar-refractivity contribution is 7.89. The lowest BCUT2D eigenvalue weighted by molar-refractivity contribution is 0.0572. The molecule has 6 nitrogen and oxygen atoms in total. The number of thiophene rings is 1. The second-order valence-corrected chi connectivity index (χ2v) is 9.52. The van der Waals surface area contributed by atoms with E-state index in [9.17, 15) is 18.3 Å². The van der Waals surface area contributed by atoms with Gasteiger partial charge in [-0.1, -0.05) is 6.07 Å². The summed E-state index contributed by atoms with van der Waals surface area (Å²) in [6.45, 7) is 2.82. The number of β-amino-alcohol motifs (C(OH)–C–C–N with tert-alkyl or cyclic N) is 1. The van der Waals surface area contributed by atoms with Crippen LogP contribution in [0.5, 0.6) is 0 Å². The van der Waals surface area contributed by atoms with Gasteiger partial charge in [0.25, 0.3) is 5.91 Å². The number of nitrogens with zero attached hydrogens (tertiary/aromatic N) is 1. The second kappa shape index (κ2) is 7.48. The van der Waals surface area contributed by atoms with Crippen LogP contribution < -0.4 is 4.72 Å². The van der Waals surface area contributed by atoms with Crippen molar-refractivity contribution in [2.45, 2.75) is 30.3 Å². The van der Waals surface area contributed by atoms with Crippen molar-refractivity contribution in [2.75, 3.05) is 19.6 Å². The Morgan fingerprint density at radius 3 is 2.62 bits per heavy atom. The summed E-state index contributed by atoms with van der Waals surface area (Å²) >= 11 is 1.59. The molecule has 0 unspecified atom stereocenters. The fourth-order valence-electron chi connectivity index (χ4n) is 2.92. The van der Waals surface area contributed by atoms with Gasteiger partial charge >= 0.3 is 0 Å². The number of aliphatic hydroxyl groups is 1. The molecule has 1 atom stereocenters. The molecule has 2 heterocycles. The summed E-state index contributed by atoms with van der Waals surface area (Å²) in [5.41, 5.74) is -0.439. The maximum Gasteiger partial charge on any atom is 0.253 e. The topological polar surface area (TPSA) is 86.7 Å². The number of benzene rings is 1. The van der Waals surface area contributed by atoms with Gasteiger partial charge in [0.15, 0.2) is 0 Å². The van der Waals surface area contributed by atoms with E-state index in [0.717, 1.165) is 4.88 Å². The van der Waals surface area contributed by atoms with Gasteiger partial charge in [-0.2, -0.15) is 0 Å². The molecule has 26 heavy (non-hydrogen) atoms. The van der Waals surface area contributed by atoms with Crippen LogP contribution in [0.4, 0.5) is 0 Å². The van der Waals surface area contributed by atoms with Crippen LogP contribution in [0.15, 0.2) is 46.7 Å². The van der Waals surface area contributed by atoms with Crippen molar-refractivity contribution in [2.24, 2.45) is 0 Å². The molecular formula is C18H22N2O4S2. The van der Waals surface area contributed by atoms with Crippen molar-refractivity contribution in [3.8, 4) is 0 Å². The molecule has 1 amide bonds. The first-order valence-corrected chi connectivity index (χ1v) is 10.8. The summed E-state index contributed by atoms with van der Waals surface area (Å²) in [7, 11) is -3.60. The molecule has 1 aliphatic heterocycles. The Morgan fingerprint density at radius 2 is 2.04 bits per heavy atom. The second-order valence-electron chi connectivity index (χ2n) is 6.73. The first-order valence-electron chi connectivity index (χ1n) is 8.41. The monoisotopic (exact) mass is 394 g/mol. The third-order valence-electron chi connectivity index (χ3n) is 4.39. The van der Waals surface area contributed by atoms with E-state index < -0.39 is 15.6 Å². The van der Waals surface area contributed by atoms with Gasteiger partial charge < -0.3 is 10.0 Å². The van der Waals surface area contributed by atoms with Gasteiger partial charge in [-0.15, -0.1) is 11.3 Å². The quantitative estimate of drug-likeness (QED) is 0.783. The van der Waals surface area contributed by atoms with E-state index in [0.29, 0.717) is 31.5 Å². The molecule has 0 aliphatic carbocycles. The molecule has 2 aromatic rings. The van der Waals surface area contributed by atoms with Crippen molar-refractivity contribution >= 4 is 27.3 Å². The van der Waals surface area contributed by atoms with Gasteiger partial charge in [-0.25, -0.2) is 13.1 Å². The predicted molar refractivity (Wildman–Crippen MR) is 101 cm³/mol. The number of amides is 1. The number of hydrogen-bond donors (Lipinski definition) is 2. The van der Waals surface area contributed by atoms with Crippen LogP contribution in [0, 0.1) is 0 Å². The Balaban J connectivity index is 1.62. The van der Waals surface area contributed by atoms with Gasteiger partial charge in [0, 0.05) is 30.1 Å². The van der Waals surface area contributed by atoms with Crippen molar-refractivity contribution in [3.05, 3.63) is 52.2 Å². The highest BCUT2D eigenvalue weighted by atomic mass is 32.2. The van der Waals surface area contributed by atoms with Crippen LogP contribution in [0.2, 0.25) is 0 Å². The summed E-state index contributed by atoms with van der Waals surface area (Å²) in [6, 6.07) is 9.81. The Labute approximate surface area is 157 Å². The maximum atomic E-state index is 12.5.